The van der Waals surface area contributed by atoms with Gasteiger partial charge < -0.3 is 9.53 Å². The van der Waals surface area contributed by atoms with Gasteiger partial charge in [-0.25, -0.2) is 0 Å². The van der Waals surface area contributed by atoms with Crippen LogP contribution in [0.3, 0.4) is 0 Å². The van der Waals surface area contributed by atoms with Crippen LogP contribution in [0, 0.1) is 5.92 Å². The number of hydrogen-bond acceptors (Lipinski definition) is 3. The van der Waals surface area contributed by atoms with Gasteiger partial charge in [0, 0.05) is 12.6 Å². The van der Waals surface area contributed by atoms with Crippen LogP contribution >= 0.6 is 0 Å². The van der Waals surface area contributed by atoms with Crippen LogP contribution in [0.5, 0.6) is 0 Å². The standard InChI is InChI=1S/C31H39NO2Si/c1-30(2,3)35(4,5)34-29-20-22(21-33)19-28(29)32-31(23-13-7-6-8-14-23)26-17-11-9-15-24(26)25-16-10-12-18-27(25)31/h6-18,22,28-29,32-33H,19-21H2,1-5H3/t22-,28+,29-/m0/s1. The predicted molar refractivity (Wildman–Crippen MR) is 147 cm³/mol. The Bertz CT molecular complexity index is 1140. The highest BCUT2D eigenvalue weighted by Gasteiger charge is 2.50. The molecular weight excluding hydrogens is 446 g/mol. The zero-order valence-corrected chi connectivity index (χ0v) is 22.7. The normalized spacial score (nSPS) is 23.2. The van der Waals surface area contributed by atoms with Gasteiger partial charge >= 0.3 is 0 Å². The molecule has 0 aromatic heterocycles. The fraction of sp³-hybridized carbons (Fsp3) is 0.419. The monoisotopic (exact) mass is 485 g/mol. The van der Waals surface area contributed by atoms with E-state index in [2.05, 4.69) is 118 Å². The van der Waals surface area contributed by atoms with Gasteiger partial charge in [0.25, 0.3) is 0 Å². The van der Waals surface area contributed by atoms with E-state index >= 15 is 0 Å². The van der Waals surface area contributed by atoms with E-state index in [0.29, 0.717) is 0 Å². The lowest BCUT2D eigenvalue weighted by molar-refractivity contribution is 0.140. The second-order valence-corrected chi connectivity index (χ2v) is 16.7. The smallest absolute Gasteiger partial charge is 0.192 e. The maximum Gasteiger partial charge on any atom is 0.192 e. The maximum atomic E-state index is 10.1. The first-order valence-electron chi connectivity index (χ1n) is 13.0. The van der Waals surface area contributed by atoms with Crippen LogP contribution in [-0.4, -0.2) is 32.2 Å². The summed E-state index contributed by atoms with van der Waals surface area (Å²) >= 11 is 0. The molecule has 0 saturated heterocycles. The van der Waals surface area contributed by atoms with Gasteiger partial charge in [0.05, 0.1) is 11.6 Å². The maximum absolute atomic E-state index is 10.1. The fourth-order valence-corrected chi connectivity index (χ4v) is 7.21. The van der Waals surface area contributed by atoms with Gasteiger partial charge in [0.2, 0.25) is 0 Å². The quantitative estimate of drug-likeness (QED) is 0.381. The van der Waals surface area contributed by atoms with Crippen LogP contribution in [0.25, 0.3) is 11.1 Å². The minimum absolute atomic E-state index is 0.0774. The Balaban J connectivity index is 1.64. The van der Waals surface area contributed by atoms with Crippen molar-refractivity contribution in [3.05, 3.63) is 95.6 Å². The molecule has 0 unspecified atom stereocenters. The molecule has 35 heavy (non-hydrogen) atoms. The molecule has 1 saturated carbocycles. The molecule has 3 aromatic carbocycles. The Kier molecular flexibility index (Phi) is 6.29. The molecule has 4 heteroatoms. The Morgan fingerprint density at radius 1 is 0.857 bits per heavy atom. The molecule has 0 spiro atoms. The molecule has 2 aliphatic carbocycles. The van der Waals surface area contributed by atoms with E-state index < -0.39 is 13.9 Å². The van der Waals surface area contributed by atoms with Crippen molar-refractivity contribution in [2.75, 3.05) is 6.61 Å². The molecule has 2 aliphatic rings. The zero-order chi connectivity index (χ0) is 24.8. The van der Waals surface area contributed by atoms with Gasteiger partial charge in [-0.05, 0) is 64.7 Å². The summed E-state index contributed by atoms with van der Waals surface area (Å²) < 4.78 is 7.04. The van der Waals surface area contributed by atoms with Crippen LogP contribution in [0.1, 0.15) is 50.3 Å². The van der Waals surface area contributed by atoms with Crippen molar-refractivity contribution in [3.8, 4) is 11.1 Å². The SMILES string of the molecule is CC(C)(C)[Si](C)(C)O[C@H]1C[C@@H](CO)C[C@H]1NC1(c2ccccc2)c2ccccc2-c2ccccc21. The molecule has 0 radical (unpaired) electrons. The molecule has 184 valence electrons. The van der Waals surface area contributed by atoms with Crippen molar-refractivity contribution in [1.82, 2.24) is 5.32 Å². The third kappa shape index (κ3) is 4.11. The van der Waals surface area contributed by atoms with E-state index in [4.69, 9.17) is 4.43 Å². The summed E-state index contributed by atoms with van der Waals surface area (Å²) in [6.45, 7) is 11.8. The fourth-order valence-electron chi connectivity index (χ4n) is 5.84. The summed E-state index contributed by atoms with van der Waals surface area (Å²) in [7, 11) is -1.98. The van der Waals surface area contributed by atoms with Crippen LogP contribution in [0.4, 0.5) is 0 Å². The van der Waals surface area contributed by atoms with Crippen molar-refractivity contribution in [2.45, 2.75) is 69.4 Å². The van der Waals surface area contributed by atoms with E-state index in [0.717, 1.165) is 12.8 Å². The second-order valence-electron chi connectivity index (χ2n) is 11.9. The third-order valence-electron chi connectivity index (χ3n) is 8.67. The van der Waals surface area contributed by atoms with E-state index in [-0.39, 0.29) is 29.7 Å². The Morgan fingerprint density at radius 2 is 1.40 bits per heavy atom. The number of rotatable bonds is 6. The highest BCUT2D eigenvalue weighted by Crippen LogP contribution is 2.52. The molecule has 2 N–H and O–H groups in total. The molecule has 0 aliphatic heterocycles. The highest BCUT2D eigenvalue weighted by molar-refractivity contribution is 6.74. The van der Waals surface area contributed by atoms with Gasteiger partial charge in [-0.2, -0.15) is 0 Å². The molecule has 0 heterocycles. The number of aliphatic hydroxyl groups is 1. The Labute approximate surface area is 211 Å². The van der Waals surface area contributed by atoms with Crippen LogP contribution in [-0.2, 0) is 9.96 Å². The summed E-state index contributed by atoms with van der Waals surface area (Å²) in [5.74, 6) is 0.252. The largest absolute Gasteiger partial charge is 0.412 e. The van der Waals surface area contributed by atoms with Crippen molar-refractivity contribution in [2.24, 2.45) is 5.92 Å². The first-order valence-corrected chi connectivity index (χ1v) is 15.9. The Morgan fingerprint density at radius 3 is 1.94 bits per heavy atom. The number of nitrogens with one attached hydrogen (secondary N) is 1. The molecule has 3 atom stereocenters. The van der Waals surface area contributed by atoms with E-state index in [1.54, 1.807) is 0 Å². The van der Waals surface area contributed by atoms with E-state index in [1.165, 1.54) is 27.8 Å². The van der Waals surface area contributed by atoms with Gasteiger partial charge in [-0.15, -0.1) is 0 Å². The lowest BCUT2D eigenvalue weighted by Gasteiger charge is -2.43. The van der Waals surface area contributed by atoms with Crippen molar-refractivity contribution < 1.29 is 9.53 Å². The predicted octanol–water partition coefficient (Wildman–Crippen LogP) is 6.71. The summed E-state index contributed by atoms with van der Waals surface area (Å²) in [6.07, 6.45) is 1.89. The van der Waals surface area contributed by atoms with Crippen LogP contribution < -0.4 is 5.32 Å². The highest BCUT2D eigenvalue weighted by atomic mass is 28.4. The topological polar surface area (TPSA) is 41.5 Å². The van der Waals surface area contributed by atoms with Crippen LogP contribution in [0.2, 0.25) is 18.1 Å². The third-order valence-corrected chi connectivity index (χ3v) is 13.2. The Hall–Kier alpha value is -2.24. The van der Waals surface area contributed by atoms with Crippen molar-refractivity contribution in [1.29, 1.82) is 0 Å². The molecular formula is C31H39NO2Si. The molecule has 5 rings (SSSR count). The number of benzene rings is 3. The number of aliphatic hydroxyl groups excluding tert-OH is 1. The second kappa shape index (κ2) is 9.01. The van der Waals surface area contributed by atoms with E-state index in [1.807, 2.05) is 0 Å². The molecule has 3 nitrogen and oxygen atoms in total. The van der Waals surface area contributed by atoms with Gasteiger partial charge in [0.15, 0.2) is 8.32 Å². The summed E-state index contributed by atoms with van der Waals surface area (Å²) in [6, 6.07) is 28.6. The van der Waals surface area contributed by atoms with Crippen LogP contribution in [0.15, 0.2) is 78.9 Å². The first-order chi connectivity index (χ1) is 16.7. The number of hydrogen-bond donors (Lipinski definition) is 2. The van der Waals surface area contributed by atoms with Crippen molar-refractivity contribution in [3.63, 3.8) is 0 Å². The average Bonchev–Trinajstić information content (AvgIpc) is 3.36. The van der Waals surface area contributed by atoms with Gasteiger partial charge in [0.1, 0.15) is 0 Å². The molecule has 3 aromatic rings. The minimum Gasteiger partial charge on any atom is -0.412 e. The molecule has 0 amide bonds. The average molecular weight is 486 g/mol. The lowest BCUT2D eigenvalue weighted by atomic mass is 9.79. The molecule has 1 fully saturated rings. The number of fused-ring (bicyclic) bond motifs is 3. The minimum atomic E-state index is -1.98. The van der Waals surface area contributed by atoms with Gasteiger partial charge in [-0.3, -0.25) is 5.32 Å². The van der Waals surface area contributed by atoms with Crippen molar-refractivity contribution >= 4 is 8.32 Å². The zero-order valence-electron chi connectivity index (χ0n) is 21.7. The summed E-state index contributed by atoms with van der Waals surface area (Å²) in [4.78, 5) is 0. The first kappa shape index (κ1) is 24.5. The van der Waals surface area contributed by atoms with E-state index in [9.17, 15) is 5.11 Å². The summed E-state index contributed by atoms with van der Waals surface area (Å²) in [5.41, 5.74) is 5.96. The van der Waals surface area contributed by atoms with Gasteiger partial charge in [-0.1, -0.05) is 99.6 Å². The summed E-state index contributed by atoms with van der Waals surface area (Å²) in [5, 5.41) is 14.5. The molecule has 0 bridgehead atoms. The lowest BCUT2D eigenvalue weighted by Crippen LogP contribution is -2.54.